The largest absolute Gasteiger partial charge is 0.350 e. The quantitative estimate of drug-likeness (QED) is 0.862. The number of carbonyl (C=O) groups is 2. The van der Waals surface area contributed by atoms with Crippen molar-refractivity contribution in [2.24, 2.45) is 5.92 Å². The Balaban J connectivity index is 1.56. The van der Waals surface area contributed by atoms with Crippen molar-refractivity contribution in [3.63, 3.8) is 0 Å². The first-order chi connectivity index (χ1) is 12.5. The summed E-state index contributed by atoms with van der Waals surface area (Å²) in [5, 5.41) is 4.09. The van der Waals surface area contributed by atoms with Crippen molar-refractivity contribution in [1.82, 2.24) is 15.2 Å². The van der Waals surface area contributed by atoms with Crippen molar-refractivity contribution in [3.05, 3.63) is 48.2 Å². The average molecular weight is 351 g/mol. The number of fused-ring (bicyclic) bond motifs is 1. The van der Waals surface area contributed by atoms with Gasteiger partial charge in [-0.3, -0.25) is 14.6 Å². The maximum Gasteiger partial charge on any atom is 0.244 e. The molecule has 2 aromatic rings. The highest BCUT2D eigenvalue weighted by molar-refractivity contribution is 5.95. The van der Waals surface area contributed by atoms with Gasteiger partial charge in [-0.1, -0.05) is 38.1 Å². The molecule has 0 aliphatic carbocycles. The lowest BCUT2D eigenvalue weighted by atomic mass is 10.0. The second kappa shape index (κ2) is 8.13. The van der Waals surface area contributed by atoms with Gasteiger partial charge in [0.25, 0.3) is 0 Å². The SMILES string of the molecule is CC(C)C(=O)N1CCC(NC(=O)/C=C/c2cccc3cccnc23)CC1. The monoisotopic (exact) mass is 351 g/mol. The van der Waals surface area contributed by atoms with Crippen molar-refractivity contribution in [2.45, 2.75) is 32.7 Å². The van der Waals surface area contributed by atoms with Gasteiger partial charge in [-0.15, -0.1) is 0 Å². The molecule has 1 N–H and O–H groups in total. The van der Waals surface area contributed by atoms with Crippen LogP contribution in [0.1, 0.15) is 32.3 Å². The molecule has 1 aromatic carbocycles. The van der Waals surface area contributed by atoms with Crippen LogP contribution in [0.25, 0.3) is 17.0 Å². The first-order valence-corrected chi connectivity index (χ1v) is 9.15. The molecule has 5 nitrogen and oxygen atoms in total. The average Bonchev–Trinajstić information content (AvgIpc) is 2.66. The van der Waals surface area contributed by atoms with Crippen molar-refractivity contribution in [2.75, 3.05) is 13.1 Å². The summed E-state index contributed by atoms with van der Waals surface area (Å²) in [6.45, 7) is 5.25. The predicted octanol–water partition coefficient (Wildman–Crippen LogP) is 3.01. The normalized spacial score (nSPS) is 15.7. The van der Waals surface area contributed by atoms with Crippen molar-refractivity contribution >= 4 is 28.8 Å². The number of amides is 2. The third kappa shape index (κ3) is 4.28. The van der Waals surface area contributed by atoms with Crippen LogP contribution >= 0.6 is 0 Å². The molecule has 3 rings (SSSR count). The third-order valence-corrected chi connectivity index (χ3v) is 4.73. The van der Waals surface area contributed by atoms with Gasteiger partial charge in [0.2, 0.25) is 11.8 Å². The minimum Gasteiger partial charge on any atom is -0.350 e. The van der Waals surface area contributed by atoms with Gasteiger partial charge in [-0.25, -0.2) is 0 Å². The van der Waals surface area contributed by atoms with Crippen LogP contribution in [0, 0.1) is 5.92 Å². The number of carbonyl (C=O) groups excluding carboxylic acids is 2. The van der Waals surface area contributed by atoms with Gasteiger partial charge < -0.3 is 10.2 Å². The van der Waals surface area contributed by atoms with Crippen LogP contribution in [0.2, 0.25) is 0 Å². The topological polar surface area (TPSA) is 62.3 Å². The van der Waals surface area contributed by atoms with Gasteiger partial charge in [-0.05, 0) is 25.0 Å². The summed E-state index contributed by atoms with van der Waals surface area (Å²) in [5.41, 5.74) is 1.81. The molecular weight excluding hydrogens is 326 g/mol. The maximum atomic E-state index is 12.2. The Hall–Kier alpha value is -2.69. The van der Waals surface area contributed by atoms with Gasteiger partial charge in [0.05, 0.1) is 5.52 Å². The smallest absolute Gasteiger partial charge is 0.244 e. The second-order valence-corrected chi connectivity index (χ2v) is 7.02. The summed E-state index contributed by atoms with van der Waals surface area (Å²) in [4.78, 5) is 30.5. The molecule has 0 atom stereocenters. The van der Waals surface area contributed by atoms with Gasteiger partial charge in [0.15, 0.2) is 0 Å². The molecule has 136 valence electrons. The number of hydrogen-bond acceptors (Lipinski definition) is 3. The van der Waals surface area contributed by atoms with Crippen LogP contribution < -0.4 is 5.32 Å². The van der Waals surface area contributed by atoms with E-state index in [1.807, 2.05) is 55.2 Å². The molecule has 5 heteroatoms. The van der Waals surface area contributed by atoms with E-state index in [4.69, 9.17) is 0 Å². The van der Waals surface area contributed by atoms with Crippen LogP contribution in [0.15, 0.2) is 42.6 Å². The van der Waals surface area contributed by atoms with E-state index in [1.54, 1.807) is 12.3 Å². The van der Waals surface area contributed by atoms with Crippen LogP contribution in [0.5, 0.6) is 0 Å². The van der Waals surface area contributed by atoms with Crippen molar-refractivity contribution < 1.29 is 9.59 Å². The lowest BCUT2D eigenvalue weighted by Gasteiger charge is -2.33. The standard InChI is InChI=1S/C21H25N3O2/c1-15(2)21(26)24-13-10-18(11-14-24)23-19(25)9-8-17-6-3-5-16-7-4-12-22-20(16)17/h3-9,12,15,18H,10-11,13-14H2,1-2H3,(H,23,25)/b9-8+. The van der Waals surface area contributed by atoms with Gasteiger partial charge in [0.1, 0.15) is 0 Å². The van der Waals surface area contributed by atoms with Crippen LogP contribution in [0.4, 0.5) is 0 Å². The fourth-order valence-electron chi connectivity index (χ4n) is 3.29. The van der Waals surface area contributed by atoms with E-state index >= 15 is 0 Å². The Morgan fingerprint density at radius 3 is 2.65 bits per heavy atom. The summed E-state index contributed by atoms with van der Waals surface area (Å²) in [5.74, 6) is 0.114. The Bertz CT molecular complexity index is 816. The number of piperidine rings is 1. The fourth-order valence-corrected chi connectivity index (χ4v) is 3.29. The highest BCUT2D eigenvalue weighted by Crippen LogP contribution is 2.17. The minimum absolute atomic E-state index is 0.0263. The summed E-state index contributed by atoms with van der Waals surface area (Å²) < 4.78 is 0. The van der Waals surface area contributed by atoms with E-state index in [0.717, 1.165) is 29.3 Å². The molecule has 2 heterocycles. The zero-order valence-corrected chi connectivity index (χ0v) is 15.3. The minimum atomic E-state index is -0.105. The third-order valence-electron chi connectivity index (χ3n) is 4.73. The number of hydrogen-bond donors (Lipinski definition) is 1. The van der Waals surface area contributed by atoms with Gasteiger partial charge >= 0.3 is 0 Å². The van der Waals surface area contributed by atoms with E-state index in [0.29, 0.717) is 13.1 Å². The Morgan fingerprint density at radius 1 is 1.19 bits per heavy atom. The Kier molecular flexibility index (Phi) is 5.66. The number of benzene rings is 1. The first-order valence-electron chi connectivity index (χ1n) is 9.15. The van der Waals surface area contributed by atoms with E-state index < -0.39 is 0 Å². The van der Waals surface area contributed by atoms with E-state index in [2.05, 4.69) is 10.3 Å². The van der Waals surface area contributed by atoms with Crippen molar-refractivity contribution in [3.8, 4) is 0 Å². The molecule has 0 radical (unpaired) electrons. The Labute approximate surface area is 154 Å². The predicted molar refractivity (Wildman–Crippen MR) is 103 cm³/mol. The van der Waals surface area contributed by atoms with E-state index in [1.165, 1.54) is 0 Å². The second-order valence-electron chi connectivity index (χ2n) is 7.02. The zero-order valence-electron chi connectivity index (χ0n) is 15.3. The summed E-state index contributed by atoms with van der Waals surface area (Å²) in [6, 6.07) is 9.95. The molecule has 0 saturated carbocycles. The molecule has 1 saturated heterocycles. The number of para-hydroxylation sites is 1. The molecule has 1 aliphatic heterocycles. The molecule has 1 fully saturated rings. The lowest BCUT2D eigenvalue weighted by molar-refractivity contribution is -0.135. The van der Waals surface area contributed by atoms with Crippen LogP contribution in [-0.2, 0) is 9.59 Å². The molecule has 0 spiro atoms. The molecule has 1 aromatic heterocycles. The number of pyridine rings is 1. The summed E-state index contributed by atoms with van der Waals surface area (Å²) in [6.07, 6.45) is 6.73. The molecule has 0 bridgehead atoms. The van der Waals surface area contributed by atoms with Crippen LogP contribution in [-0.4, -0.2) is 40.8 Å². The number of aromatic nitrogens is 1. The highest BCUT2D eigenvalue weighted by Gasteiger charge is 2.24. The summed E-state index contributed by atoms with van der Waals surface area (Å²) >= 11 is 0. The Morgan fingerprint density at radius 2 is 1.92 bits per heavy atom. The van der Waals surface area contributed by atoms with E-state index in [9.17, 15) is 9.59 Å². The zero-order chi connectivity index (χ0) is 18.5. The molecule has 0 unspecified atom stereocenters. The number of rotatable bonds is 4. The van der Waals surface area contributed by atoms with Crippen molar-refractivity contribution in [1.29, 1.82) is 0 Å². The maximum absolute atomic E-state index is 12.2. The lowest BCUT2D eigenvalue weighted by Crippen LogP contribution is -2.47. The molecule has 26 heavy (non-hydrogen) atoms. The number of nitrogens with zero attached hydrogens (tertiary/aromatic N) is 2. The molecule has 1 aliphatic rings. The molecular formula is C21H25N3O2. The highest BCUT2D eigenvalue weighted by atomic mass is 16.2. The van der Waals surface area contributed by atoms with Gasteiger partial charge in [-0.2, -0.15) is 0 Å². The van der Waals surface area contributed by atoms with E-state index in [-0.39, 0.29) is 23.8 Å². The molecule has 2 amide bonds. The fraction of sp³-hybridized carbons (Fsp3) is 0.381. The number of likely N-dealkylation sites (tertiary alicyclic amines) is 1. The number of nitrogens with one attached hydrogen (secondary N) is 1. The van der Waals surface area contributed by atoms with Crippen LogP contribution in [0.3, 0.4) is 0 Å². The first kappa shape index (κ1) is 18.1. The van der Waals surface area contributed by atoms with Gasteiger partial charge in [0, 0.05) is 48.3 Å². The summed E-state index contributed by atoms with van der Waals surface area (Å²) in [7, 11) is 0.